The molecule has 1 aliphatic rings. The number of aliphatic carboxylic acids is 1. The third kappa shape index (κ3) is 3.71. The number of halogens is 1. The van der Waals surface area contributed by atoms with Gasteiger partial charge in [0.2, 0.25) is 0 Å². The van der Waals surface area contributed by atoms with E-state index in [1.165, 1.54) is 0 Å². The van der Waals surface area contributed by atoms with E-state index in [9.17, 15) is 4.79 Å². The Kier molecular flexibility index (Phi) is 4.83. The molecule has 0 spiro atoms. The highest BCUT2D eigenvalue weighted by atomic mass is 35.5. The molecule has 1 fully saturated rings. The third-order valence-corrected chi connectivity index (χ3v) is 4.28. The van der Waals surface area contributed by atoms with Crippen molar-refractivity contribution in [2.24, 2.45) is 5.92 Å². The van der Waals surface area contributed by atoms with E-state index in [-0.39, 0.29) is 12.0 Å². The van der Waals surface area contributed by atoms with Crippen LogP contribution in [0.3, 0.4) is 0 Å². The minimum atomic E-state index is -0.655. The summed E-state index contributed by atoms with van der Waals surface area (Å²) in [7, 11) is 0. The first kappa shape index (κ1) is 14.4. The fourth-order valence-electron chi connectivity index (χ4n) is 2.78. The van der Waals surface area contributed by atoms with Crippen molar-refractivity contribution < 1.29 is 9.90 Å². The lowest BCUT2D eigenvalue weighted by Gasteiger charge is -2.30. The summed E-state index contributed by atoms with van der Waals surface area (Å²) in [5.41, 5.74) is 1.10. The average Bonchev–Trinajstić information content (AvgIpc) is 2.39. The van der Waals surface area contributed by atoms with E-state index in [1.54, 1.807) is 0 Å². The van der Waals surface area contributed by atoms with Crippen molar-refractivity contribution in [2.45, 2.75) is 44.7 Å². The van der Waals surface area contributed by atoms with Gasteiger partial charge in [0.25, 0.3) is 0 Å². The molecule has 1 aromatic rings. The summed E-state index contributed by atoms with van der Waals surface area (Å²) in [4.78, 5) is 10.9. The van der Waals surface area contributed by atoms with Crippen LogP contribution in [0.15, 0.2) is 24.3 Å². The number of benzene rings is 1. The van der Waals surface area contributed by atoms with Gasteiger partial charge in [0.1, 0.15) is 0 Å². The van der Waals surface area contributed by atoms with E-state index in [0.29, 0.717) is 6.04 Å². The zero-order chi connectivity index (χ0) is 13.8. The third-order valence-electron chi connectivity index (χ3n) is 3.93. The lowest BCUT2D eigenvalue weighted by Crippen LogP contribution is -2.36. The molecule has 0 bridgehead atoms. The Morgan fingerprint density at radius 1 is 1.32 bits per heavy atom. The molecule has 0 unspecified atom stereocenters. The summed E-state index contributed by atoms with van der Waals surface area (Å²) in [6, 6.07) is 8.43. The zero-order valence-corrected chi connectivity index (χ0v) is 11.9. The van der Waals surface area contributed by atoms with Gasteiger partial charge in [-0.1, -0.05) is 29.8 Å². The second-order valence-electron chi connectivity index (χ2n) is 5.30. The molecule has 0 saturated heterocycles. The van der Waals surface area contributed by atoms with Gasteiger partial charge >= 0.3 is 5.97 Å². The fraction of sp³-hybridized carbons (Fsp3) is 0.533. The Balaban J connectivity index is 1.89. The van der Waals surface area contributed by atoms with E-state index in [2.05, 4.69) is 12.2 Å². The molecule has 1 aliphatic carbocycles. The van der Waals surface area contributed by atoms with Gasteiger partial charge in [-0.05, 0) is 44.2 Å². The first-order valence-corrected chi connectivity index (χ1v) is 7.19. The number of hydrogen-bond donors (Lipinski definition) is 2. The second-order valence-corrected chi connectivity index (χ2v) is 5.70. The standard InChI is InChI=1S/C15H20ClNO2/c1-10(13-4-2-3-5-14(13)16)17-12-8-6-11(7-9-12)15(18)19/h2-5,10-12,17H,6-9H2,1H3,(H,18,19)/t10-,11?,12?/m0/s1. The van der Waals surface area contributed by atoms with Crippen molar-refractivity contribution in [3.05, 3.63) is 34.9 Å². The number of carboxylic acids is 1. The van der Waals surface area contributed by atoms with Crippen LogP contribution in [0.2, 0.25) is 5.02 Å². The smallest absolute Gasteiger partial charge is 0.306 e. The van der Waals surface area contributed by atoms with Crippen molar-refractivity contribution in [2.75, 3.05) is 0 Å². The Morgan fingerprint density at radius 3 is 2.53 bits per heavy atom. The molecule has 1 atom stereocenters. The maximum atomic E-state index is 10.9. The molecule has 0 heterocycles. The van der Waals surface area contributed by atoms with Gasteiger partial charge in [-0.3, -0.25) is 4.79 Å². The Morgan fingerprint density at radius 2 is 1.95 bits per heavy atom. The number of carboxylic acid groups (broad SMARTS) is 1. The van der Waals surface area contributed by atoms with Gasteiger partial charge in [0.15, 0.2) is 0 Å². The van der Waals surface area contributed by atoms with E-state index < -0.39 is 5.97 Å². The lowest BCUT2D eigenvalue weighted by atomic mass is 9.85. The second kappa shape index (κ2) is 6.40. The van der Waals surface area contributed by atoms with Crippen LogP contribution in [-0.2, 0) is 4.79 Å². The minimum absolute atomic E-state index is 0.159. The first-order valence-electron chi connectivity index (χ1n) is 6.81. The predicted octanol–water partition coefficient (Wildman–Crippen LogP) is 3.63. The number of carbonyl (C=O) groups is 1. The number of rotatable bonds is 4. The average molecular weight is 282 g/mol. The molecule has 104 valence electrons. The van der Waals surface area contributed by atoms with Crippen LogP contribution in [-0.4, -0.2) is 17.1 Å². The summed E-state index contributed by atoms with van der Waals surface area (Å²) in [5, 5.41) is 13.3. The van der Waals surface area contributed by atoms with Crippen LogP contribution in [0, 0.1) is 5.92 Å². The topological polar surface area (TPSA) is 49.3 Å². The zero-order valence-electron chi connectivity index (χ0n) is 11.1. The SMILES string of the molecule is C[C@H](NC1CCC(C(=O)O)CC1)c1ccccc1Cl. The van der Waals surface area contributed by atoms with Crippen molar-refractivity contribution in [1.29, 1.82) is 0 Å². The number of hydrogen-bond acceptors (Lipinski definition) is 2. The van der Waals surface area contributed by atoms with E-state index in [4.69, 9.17) is 16.7 Å². The lowest BCUT2D eigenvalue weighted by molar-refractivity contribution is -0.142. The van der Waals surface area contributed by atoms with Crippen molar-refractivity contribution in [3.8, 4) is 0 Å². The van der Waals surface area contributed by atoms with Gasteiger partial charge in [0, 0.05) is 17.1 Å². The van der Waals surface area contributed by atoms with Gasteiger partial charge < -0.3 is 10.4 Å². The Labute approximate surface area is 119 Å². The summed E-state index contributed by atoms with van der Waals surface area (Å²) in [5.74, 6) is -0.814. The highest BCUT2D eigenvalue weighted by Crippen LogP contribution is 2.28. The molecule has 2 N–H and O–H groups in total. The normalized spacial score (nSPS) is 24.9. The molecule has 1 aromatic carbocycles. The van der Waals surface area contributed by atoms with Gasteiger partial charge in [-0.15, -0.1) is 0 Å². The molecular formula is C15H20ClNO2. The van der Waals surface area contributed by atoms with Crippen LogP contribution in [0.5, 0.6) is 0 Å². The van der Waals surface area contributed by atoms with Crippen LogP contribution in [0.1, 0.15) is 44.2 Å². The van der Waals surface area contributed by atoms with E-state index in [1.807, 2.05) is 24.3 Å². The molecule has 0 aliphatic heterocycles. The number of nitrogens with one attached hydrogen (secondary N) is 1. The maximum absolute atomic E-state index is 10.9. The van der Waals surface area contributed by atoms with Gasteiger partial charge in [0.05, 0.1) is 5.92 Å². The van der Waals surface area contributed by atoms with Crippen molar-refractivity contribution in [1.82, 2.24) is 5.32 Å². The van der Waals surface area contributed by atoms with Gasteiger partial charge in [-0.2, -0.15) is 0 Å². The quantitative estimate of drug-likeness (QED) is 0.886. The highest BCUT2D eigenvalue weighted by molar-refractivity contribution is 6.31. The van der Waals surface area contributed by atoms with Crippen LogP contribution in [0.25, 0.3) is 0 Å². The summed E-state index contributed by atoms with van der Waals surface area (Å²) in [6.45, 7) is 2.10. The van der Waals surface area contributed by atoms with E-state index >= 15 is 0 Å². The van der Waals surface area contributed by atoms with Crippen LogP contribution >= 0.6 is 11.6 Å². The summed E-state index contributed by atoms with van der Waals surface area (Å²) in [6.07, 6.45) is 3.38. The molecular weight excluding hydrogens is 262 g/mol. The van der Waals surface area contributed by atoms with Crippen LogP contribution < -0.4 is 5.32 Å². The molecule has 0 aromatic heterocycles. The molecule has 0 radical (unpaired) electrons. The molecule has 0 amide bonds. The molecule has 2 rings (SSSR count). The molecule has 1 saturated carbocycles. The minimum Gasteiger partial charge on any atom is -0.481 e. The highest BCUT2D eigenvalue weighted by Gasteiger charge is 2.26. The van der Waals surface area contributed by atoms with Crippen molar-refractivity contribution >= 4 is 17.6 Å². The summed E-state index contributed by atoms with van der Waals surface area (Å²) < 4.78 is 0. The Hall–Kier alpha value is -1.06. The molecule has 3 nitrogen and oxygen atoms in total. The summed E-state index contributed by atoms with van der Waals surface area (Å²) >= 11 is 6.18. The monoisotopic (exact) mass is 281 g/mol. The molecule has 19 heavy (non-hydrogen) atoms. The fourth-order valence-corrected chi connectivity index (χ4v) is 3.08. The van der Waals surface area contributed by atoms with E-state index in [0.717, 1.165) is 36.3 Å². The predicted molar refractivity (Wildman–Crippen MR) is 76.4 cm³/mol. The van der Waals surface area contributed by atoms with Crippen molar-refractivity contribution in [3.63, 3.8) is 0 Å². The Bertz CT molecular complexity index is 442. The largest absolute Gasteiger partial charge is 0.481 e. The maximum Gasteiger partial charge on any atom is 0.306 e. The molecule has 4 heteroatoms. The van der Waals surface area contributed by atoms with Gasteiger partial charge in [-0.25, -0.2) is 0 Å². The first-order chi connectivity index (χ1) is 9.08. The van der Waals surface area contributed by atoms with Crippen LogP contribution in [0.4, 0.5) is 0 Å².